The standard InChI is InChI=1S/C24H19ClO5/c1-27-20-9-5-7-15(24(20)28-2)12-22-23(26)18-11-10-17(13-21(18)30-22)29-14-16-6-3-4-8-19(16)25/h3-13H,14H2,1-2H3. The topological polar surface area (TPSA) is 54.0 Å². The fraction of sp³-hybridized carbons (Fsp3) is 0.125. The Hall–Kier alpha value is -3.44. The molecule has 0 N–H and O–H groups in total. The van der Waals surface area contributed by atoms with Crippen LogP contribution in [0.3, 0.4) is 0 Å². The molecular weight excluding hydrogens is 404 g/mol. The number of para-hydroxylation sites is 1. The second-order valence-corrected chi connectivity index (χ2v) is 6.97. The number of Topliss-reactive ketones (excluding diaryl/α,β-unsaturated/α-hetero) is 1. The Morgan fingerprint density at radius 1 is 1.00 bits per heavy atom. The molecule has 0 aromatic heterocycles. The van der Waals surface area contributed by atoms with Crippen molar-refractivity contribution in [1.82, 2.24) is 0 Å². The molecule has 0 spiro atoms. The number of ether oxygens (including phenoxy) is 4. The van der Waals surface area contributed by atoms with E-state index < -0.39 is 0 Å². The van der Waals surface area contributed by atoms with E-state index in [9.17, 15) is 4.79 Å². The number of methoxy groups -OCH3 is 2. The third kappa shape index (κ3) is 3.84. The first kappa shape index (κ1) is 19.9. The van der Waals surface area contributed by atoms with Gasteiger partial charge in [-0.25, -0.2) is 0 Å². The smallest absolute Gasteiger partial charge is 0.231 e. The molecule has 152 valence electrons. The van der Waals surface area contributed by atoms with Gasteiger partial charge in [0.05, 0.1) is 19.8 Å². The van der Waals surface area contributed by atoms with E-state index in [2.05, 4.69) is 0 Å². The van der Waals surface area contributed by atoms with E-state index in [0.717, 1.165) is 5.56 Å². The van der Waals surface area contributed by atoms with Crippen LogP contribution in [0.25, 0.3) is 6.08 Å². The minimum Gasteiger partial charge on any atom is -0.493 e. The maximum atomic E-state index is 12.8. The van der Waals surface area contributed by atoms with Crippen molar-refractivity contribution in [2.75, 3.05) is 14.2 Å². The molecule has 0 unspecified atom stereocenters. The first-order valence-corrected chi connectivity index (χ1v) is 9.64. The zero-order chi connectivity index (χ0) is 21.1. The Kier molecular flexibility index (Phi) is 5.63. The van der Waals surface area contributed by atoms with E-state index in [1.807, 2.05) is 36.4 Å². The number of carbonyl (C=O) groups excluding carboxylic acids is 1. The minimum absolute atomic E-state index is 0.201. The van der Waals surface area contributed by atoms with E-state index in [0.29, 0.717) is 45.8 Å². The van der Waals surface area contributed by atoms with Gasteiger partial charge in [-0.1, -0.05) is 41.9 Å². The number of halogens is 1. The lowest BCUT2D eigenvalue weighted by Gasteiger charge is -2.10. The molecule has 0 fully saturated rings. The minimum atomic E-state index is -0.201. The van der Waals surface area contributed by atoms with Crippen molar-refractivity contribution in [2.24, 2.45) is 0 Å². The first-order chi connectivity index (χ1) is 14.6. The number of benzene rings is 3. The molecule has 6 heteroatoms. The number of hydrogen-bond acceptors (Lipinski definition) is 5. The maximum Gasteiger partial charge on any atom is 0.231 e. The number of hydrogen-bond donors (Lipinski definition) is 0. The van der Waals surface area contributed by atoms with Crippen LogP contribution in [0.5, 0.6) is 23.0 Å². The van der Waals surface area contributed by atoms with Crippen LogP contribution in [0.2, 0.25) is 5.02 Å². The van der Waals surface area contributed by atoms with Gasteiger partial charge in [-0.05, 0) is 30.3 Å². The van der Waals surface area contributed by atoms with Crippen LogP contribution in [0.4, 0.5) is 0 Å². The SMILES string of the molecule is COc1cccc(C=C2Oc3cc(OCc4ccccc4Cl)ccc3C2=O)c1OC. The van der Waals surface area contributed by atoms with Gasteiger partial charge in [0, 0.05) is 22.2 Å². The normalized spacial score (nSPS) is 13.7. The lowest BCUT2D eigenvalue weighted by atomic mass is 10.1. The van der Waals surface area contributed by atoms with Gasteiger partial charge in [0.25, 0.3) is 0 Å². The second-order valence-electron chi connectivity index (χ2n) is 6.56. The third-order valence-electron chi connectivity index (χ3n) is 4.71. The van der Waals surface area contributed by atoms with Crippen molar-refractivity contribution in [1.29, 1.82) is 0 Å². The average Bonchev–Trinajstić information content (AvgIpc) is 3.07. The zero-order valence-corrected chi connectivity index (χ0v) is 17.2. The van der Waals surface area contributed by atoms with Crippen LogP contribution >= 0.6 is 11.6 Å². The lowest BCUT2D eigenvalue weighted by molar-refractivity contribution is 0.101. The number of ketones is 1. The Balaban J connectivity index is 1.56. The molecule has 0 amide bonds. The second kappa shape index (κ2) is 8.51. The average molecular weight is 423 g/mol. The molecule has 5 nitrogen and oxygen atoms in total. The van der Waals surface area contributed by atoms with E-state index >= 15 is 0 Å². The highest BCUT2D eigenvalue weighted by molar-refractivity contribution is 6.31. The van der Waals surface area contributed by atoms with Crippen LogP contribution in [-0.4, -0.2) is 20.0 Å². The number of carbonyl (C=O) groups is 1. The molecule has 0 aliphatic carbocycles. The highest BCUT2D eigenvalue weighted by Crippen LogP contribution is 2.37. The van der Waals surface area contributed by atoms with Gasteiger partial charge in [0.2, 0.25) is 5.78 Å². The molecule has 0 radical (unpaired) electrons. The largest absolute Gasteiger partial charge is 0.493 e. The lowest BCUT2D eigenvalue weighted by Crippen LogP contribution is -1.99. The maximum absolute atomic E-state index is 12.8. The molecular formula is C24H19ClO5. The van der Waals surface area contributed by atoms with Crippen LogP contribution in [-0.2, 0) is 6.61 Å². The number of fused-ring (bicyclic) bond motifs is 1. The molecule has 30 heavy (non-hydrogen) atoms. The number of allylic oxidation sites excluding steroid dienone is 1. The van der Waals surface area contributed by atoms with E-state index in [1.54, 1.807) is 44.6 Å². The summed E-state index contributed by atoms with van der Waals surface area (Å²) in [6, 6.07) is 18.1. The summed E-state index contributed by atoms with van der Waals surface area (Å²) in [5, 5.41) is 0.641. The molecule has 3 aromatic rings. The van der Waals surface area contributed by atoms with Gasteiger partial charge < -0.3 is 18.9 Å². The van der Waals surface area contributed by atoms with Crippen molar-refractivity contribution in [3.8, 4) is 23.0 Å². The van der Waals surface area contributed by atoms with Gasteiger partial charge >= 0.3 is 0 Å². The van der Waals surface area contributed by atoms with Gasteiger partial charge in [0.1, 0.15) is 18.1 Å². The van der Waals surface area contributed by atoms with Gasteiger partial charge in [-0.15, -0.1) is 0 Å². The zero-order valence-electron chi connectivity index (χ0n) is 16.5. The molecule has 1 heterocycles. The number of rotatable bonds is 6. The summed E-state index contributed by atoms with van der Waals surface area (Å²) < 4.78 is 22.4. The molecule has 1 aliphatic rings. The van der Waals surface area contributed by atoms with Gasteiger partial charge in [0.15, 0.2) is 17.3 Å². The summed E-state index contributed by atoms with van der Waals surface area (Å²) in [4.78, 5) is 12.8. The molecule has 0 bridgehead atoms. The quantitative estimate of drug-likeness (QED) is 0.487. The Bertz CT molecular complexity index is 1140. The highest BCUT2D eigenvalue weighted by Gasteiger charge is 2.28. The summed E-state index contributed by atoms with van der Waals surface area (Å²) in [6.07, 6.45) is 1.65. The van der Waals surface area contributed by atoms with Crippen molar-refractivity contribution in [3.05, 3.63) is 88.1 Å². The van der Waals surface area contributed by atoms with Crippen LogP contribution < -0.4 is 18.9 Å². The summed E-state index contributed by atoms with van der Waals surface area (Å²) in [5.74, 6) is 2.15. The van der Waals surface area contributed by atoms with Crippen molar-refractivity contribution in [3.63, 3.8) is 0 Å². The van der Waals surface area contributed by atoms with Gasteiger partial charge in [-0.3, -0.25) is 4.79 Å². The molecule has 0 saturated heterocycles. The van der Waals surface area contributed by atoms with E-state index in [1.165, 1.54) is 0 Å². The third-order valence-corrected chi connectivity index (χ3v) is 5.08. The summed E-state index contributed by atoms with van der Waals surface area (Å²) in [6.45, 7) is 0.316. The van der Waals surface area contributed by atoms with E-state index in [-0.39, 0.29) is 11.5 Å². The fourth-order valence-electron chi connectivity index (χ4n) is 3.20. The first-order valence-electron chi connectivity index (χ1n) is 9.26. The Labute approximate surface area is 179 Å². The highest BCUT2D eigenvalue weighted by atomic mass is 35.5. The summed E-state index contributed by atoms with van der Waals surface area (Å²) in [5.41, 5.74) is 2.04. The fourth-order valence-corrected chi connectivity index (χ4v) is 3.39. The predicted octanol–water partition coefficient (Wildman–Crippen LogP) is 5.55. The van der Waals surface area contributed by atoms with Crippen LogP contribution in [0.1, 0.15) is 21.5 Å². The van der Waals surface area contributed by atoms with Crippen molar-refractivity contribution < 1.29 is 23.7 Å². The summed E-state index contributed by atoms with van der Waals surface area (Å²) in [7, 11) is 3.11. The predicted molar refractivity (Wildman–Crippen MR) is 115 cm³/mol. The monoisotopic (exact) mass is 422 g/mol. The molecule has 1 aliphatic heterocycles. The van der Waals surface area contributed by atoms with Crippen LogP contribution in [0, 0.1) is 0 Å². The molecule has 0 saturated carbocycles. The van der Waals surface area contributed by atoms with Crippen molar-refractivity contribution in [2.45, 2.75) is 6.61 Å². The van der Waals surface area contributed by atoms with Crippen LogP contribution in [0.15, 0.2) is 66.4 Å². The Morgan fingerprint density at radius 3 is 2.60 bits per heavy atom. The van der Waals surface area contributed by atoms with Gasteiger partial charge in [-0.2, -0.15) is 0 Å². The van der Waals surface area contributed by atoms with E-state index in [4.69, 9.17) is 30.5 Å². The molecule has 0 atom stereocenters. The molecule has 4 rings (SSSR count). The Morgan fingerprint density at radius 2 is 1.83 bits per heavy atom. The van der Waals surface area contributed by atoms with Crippen molar-refractivity contribution >= 4 is 23.5 Å². The summed E-state index contributed by atoms with van der Waals surface area (Å²) >= 11 is 6.17. The molecule has 3 aromatic carbocycles.